The van der Waals surface area contributed by atoms with Crippen molar-refractivity contribution in [2.24, 2.45) is 0 Å². The zero-order valence-electron chi connectivity index (χ0n) is 10.5. The lowest BCUT2D eigenvalue weighted by atomic mass is 9.94. The van der Waals surface area contributed by atoms with Crippen molar-refractivity contribution in [3.63, 3.8) is 0 Å². The van der Waals surface area contributed by atoms with Gasteiger partial charge in [-0.05, 0) is 31.9 Å². The average molecular weight is 220 g/mol. The molecule has 0 heterocycles. The summed E-state index contributed by atoms with van der Waals surface area (Å²) >= 11 is 0. The molecule has 0 amide bonds. The van der Waals surface area contributed by atoms with E-state index >= 15 is 0 Å². The molecule has 0 atom stereocenters. The van der Waals surface area contributed by atoms with Crippen LogP contribution in [0, 0.1) is 0 Å². The number of methoxy groups -OCH3 is 1. The van der Waals surface area contributed by atoms with Gasteiger partial charge in [-0.15, -0.1) is 0 Å². The average Bonchev–Trinajstić information content (AvgIpc) is 2.29. The molecule has 0 aliphatic rings. The van der Waals surface area contributed by atoms with Gasteiger partial charge in [0, 0.05) is 12.7 Å². The van der Waals surface area contributed by atoms with Crippen LogP contribution >= 0.6 is 0 Å². The van der Waals surface area contributed by atoms with Crippen LogP contribution in [0.25, 0.3) is 0 Å². The number of hydrogen-bond donors (Lipinski definition) is 0. The van der Waals surface area contributed by atoms with Crippen LogP contribution in [0.4, 0.5) is 0 Å². The Morgan fingerprint density at radius 1 is 1.38 bits per heavy atom. The highest BCUT2D eigenvalue weighted by molar-refractivity contribution is 6.02. The third-order valence-corrected chi connectivity index (χ3v) is 2.78. The summed E-state index contributed by atoms with van der Waals surface area (Å²) < 4.78 is 5.20. The van der Waals surface area contributed by atoms with Crippen LogP contribution in [-0.2, 0) is 11.2 Å². The topological polar surface area (TPSA) is 26.3 Å². The van der Waals surface area contributed by atoms with Crippen LogP contribution in [0.15, 0.2) is 24.3 Å². The summed E-state index contributed by atoms with van der Waals surface area (Å²) in [6.07, 6.45) is 2.10. The number of aryl methyl sites for hydroxylation is 1. The molecule has 2 heteroatoms. The second kappa shape index (κ2) is 5.26. The Kier molecular flexibility index (Phi) is 4.25. The first-order valence-electron chi connectivity index (χ1n) is 5.70. The molecule has 0 N–H and O–H groups in total. The maximum Gasteiger partial charge on any atom is 0.194 e. The van der Waals surface area contributed by atoms with Crippen molar-refractivity contribution in [2.45, 2.75) is 39.2 Å². The molecule has 88 valence electrons. The fourth-order valence-electron chi connectivity index (χ4n) is 1.60. The first-order valence-corrected chi connectivity index (χ1v) is 5.70. The number of ether oxygens (including phenoxy) is 1. The van der Waals surface area contributed by atoms with Gasteiger partial charge in [0.2, 0.25) is 0 Å². The van der Waals surface area contributed by atoms with E-state index in [0.717, 1.165) is 18.4 Å². The molecule has 16 heavy (non-hydrogen) atoms. The van der Waals surface area contributed by atoms with Gasteiger partial charge in [-0.1, -0.05) is 31.5 Å². The minimum absolute atomic E-state index is 0.0351. The fourth-order valence-corrected chi connectivity index (χ4v) is 1.60. The molecule has 0 radical (unpaired) electrons. The molecule has 1 aromatic carbocycles. The van der Waals surface area contributed by atoms with E-state index in [9.17, 15) is 4.79 Å². The van der Waals surface area contributed by atoms with E-state index < -0.39 is 5.60 Å². The molecule has 0 saturated heterocycles. The van der Waals surface area contributed by atoms with Crippen LogP contribution in [0.5, 0.6) is 0 Å². The van der Waals surface area contributed by atoms with Gasteiger partial charge < -0.3 is 4.74 Å². The highest BCUT2D eigenvalue weighted by atomic mass is 16.5. The van der Waals surface area contributed by atoms with Gasteiger partial charge in [-0.2, -0.15) is 0 Å². The summed E-state index contributed by atoms with van der Waals surface area (Å²) in [6.45, 7) is 5.72. The van der Waals surface area contributed by atoms with Crippen molar-refractivity contribution in [3.8, 4) is 0 Å². The van der Waals surface area contributed by atoms with Crippen LogP contribution in [0.3, 0.4) is 0 Å². The Balaban J connectivity index is 2.96. The number of rotatable bonds is 5. The van der Waals surface area contributed by atoms with E-state index in [1.165, 1.54) is 5.56 Å². The zero-order valence-corrected chi connectivity index (χ0v) is 10.5. The molecule has 0 aliphatic heterocycles. The molecule has 0 spiro atoms. The minimum atomic E-state index is -0.745. The number of hydrogen-bond acceptors (Lipinski definition) is 2. The van der Waals surface area contributed by atoms with Crippen LogP contribution < -0.4 is 0 Å². The van der Waals surface area contributed by atoms with Gasteiger partial charge in [0.15, 0.2) is 5.78 Å². The van der Waals surface area contributed by atoms with E-state index in [0.29, 0.717) is 0 Å². The highest BCUT2D eigenvalue weighted by Gasteiger charge is 2.27. The summed E-state index contributed by atoms with van der Waals surface area (Å²) in [5.41, 5.74) is 1.20. The van der Waals surface area contributed by atoms with Gasteiger partial charge in [-0.3, -0.25) is 4.79 Å². The Morgan fingerprint density at radius 2 is 2.06 bits per heavy atom. The molecule has 0 aromatic heterocycles. The summed E-state index contributed by atoms with van der Waals surface area (Å²) in [5, 5.41) is 0. The lowest BCUT2D eigenvalue weighted by Gasteiger charge is -2.21. The monoisotopic (exact) mass is 220 g/mol. The fraction of sp³-hybridized carbons (Fsp3) is 0.500. The van der Waals surface area contributed by atoms with Crippen molar-refractivity contribution >= 4 is 5.78 Å². The van der Waals surface area contributed by atoms with Crippen molar-refractivity contribution in [2.75, 3.05) is 7.11 Å². The van der Waals surface area contributed by atoms with Crippen molar-refractivity contribution in [1.82, 2.24) is 0 Å². The summed E-state index contributed by atoms with van der Waals surface area (Å²) in [7, 11) is 1.56. The quantitative estimate of drug-likeness (QED) is 0.712. The van der Waals surface area contributed by atoms with Crippen molar-refractivity contribution in [1.29, 1.82) is 0 Å². The predicted octanol–water partition coefficient (Wildman–Crippen LogP) is 3.25. The van der Waals surface area contributed by atoms with E-state index in [2.05, 4.69) is 13.0 Å². The summed E-state index contributed by atoms with van der Waals surface area (Å²) in [6, 6.07) is 7.80. The molecule has 1 rings (SSSR count). The van der Waals surface area contributed by atoms with E-state index in [1.54, 1.807) is 21.0 Å². The normalized spacial score (nSPS) is 11.5. The highest BCUT2D eigenvalue weighted by Crippen LogP contribution is 2.17. The van der Waals surface area contributed by atoms with Crippen molar-refractivity contribution < 1.29 is 9.53 Å². The number of benzene rings is 1. The van der Waals surface area contributed by atoms with Crippen LogP contribution in [-0.4, -0.2) is 18.5 Å². The molecule has 2 nitrogen and oxygen atoms in total. The van der Waals surface area contributed by atoms with E-state index in [-0.39, 0.29) is 5.78 Å². The van der Waals surface area contributed by atoms with E-state index in [4.69, 9.17) is 4.74 Å². The maximum atomic E-state index is 12.1. The van der Waals surface area contributed by atoms with E-state index in [1.807, 2.05) is 18.2 Å². The molecule has 0 bridgehead atoms. The minimum Gasteiger partial charge on any atom is -0.371 e. The summed E-state index contributed by atoms with van der Waals surface area (Å²) in [5.74, 6) is 0.0351. The first kappa shape index (κ1) is 12.9. The second-order valence-electron chi connectivity index (χ2n) is 4.49. The first-order chi connectivity index (χ1) is 7.51. The van der Waals surface area contributed by atoms with Gasteiger partial charge in [-0.25, -0.2) is 0 Å². The molecule has 0 aliphatic carbocycles. The predicted molar refractivity (Wildman–Crippen MR) is 65.9 cm³/mol. The molecule has 0 fully saturated rings. The van der Waals surface area contributed by atoms with Crippen LogP contribution in [0.2, 0.25) is 0 Å². The van der Waals surface area contributed by atoms with Gasteiger partial charge in [0.1, 0.15) is 5.60 Å². The van der Waals surface area contributed by atoms with Crippen LogP contribution in [0.1, 0.15) is 43.1 Å². The largest absolute Gasteiger partial charge is 0.371 e. The Morgan fingerprint density at radius 3 is 2.62 bits per heavy atom. The third-order valence-electron chi connectivity index (χ3n) is 2.78. The second-order valence-corrected chi connectivity index (χ2v) is 4.49. The smallest absolute Gasteiger partial charge is 0.194 e. The molecular formula is C14H20O2. The number of Topliss-reactive ketones (excluding diaryl/α,β-unsaturated/α-hetero) is 1. The lowest BCUT2D eigenvalue weighted by Crippen LogP contribution is -2.33. The molecule has 1 aromatic rings. The number of carbonyl (C=O) groups excluding carboxylic acids is 1. The number of ketones is 1. The Bertz CT molecular complexity index is 367. The molecule has 0 unspecified atom stereocenters. The van der Waals surface area contributed by atoms with Gasteiger partial charge >= 0.3 is 0 Å². The SMILES string of the molecule is CCCc1cccc(C(=O)C(C)(C)OC)c1. The molecular weight excluding hydrogens is 200 g/mol. The summed E-state index contributed by atoms with van der Waals surface area (Å²) in [4.78, 5) is 12.1. The number of carbonyl (C=O) groups is 1. The molecule has 0 saturated carbocycles. The van der Waals surface area contributed by atoms with Gasteiger partial charge in [0.25, 0.3) is 0 Å². The Labute approximate surface area is 97.6 Å². The van der Waals surface area contributed by atoms with Gasteiger partial charge in [0.05, 0.1) is 0 Å². The van der Waals surface area contributed by atoms with Crippen molar-refractivity contribution in [3.05, 3.63) is 35.4 Å². The standard InChI is InChI=1S/C14H20O2/c1-5-7-11-8-6-9-12(10-11)13(15)14(2,3)16-4/h6,8-10H,5,7H2,1-4H3. The zero-order chi connectivity index (χ0) is 12.2. The lowest BCUT2D eigenvalue weighted by molar-refractivity contribution is 0.0228. The third kappa shape index (κ3) is 2.92. The maximum absolute atomic E-state index is 12.1. The Hall–Kier alpha value is -1.15.